The second-order valence-electron chi connectivity index (χ2n) is 7.35. The summed E-state index contributed by atoms with van der Waals surface area (Å²) in [6.07, 6.45) is 1.81. The molecule has 162 valence electrons. The molecule has 0 atom stereocenters. The Balaban J connectivity index is 1.68. The maximum absolute atomic E-state index is 12.3. The fourth-order valence-electron chi connectivity index (χ4n) is 3.68. The largest absolute Gasteiger partial charge is 0.461 e. The van der Waals surface area contributed by atoms with Crippen molar-refractivity contribution < 1.29 is 14.3 Å². The molecule has 5 rings (SSSR count). The molecule has 0 aliphatic rings. The van der Waals surface area contributed by atoms with Crippen molar-refractivity contribution in [2.45, 2.75) is 6.92 Å². The van der Waals surface area contributed by atoms with Gasteiger partial charge in [-0.1, -0.05) is 60.7 Å². The SMILES string of the molecule is CCOC(=O)c1cc2ncc(-c3ccccc3)c(-c3cccc(Oc4ccccc4)c3)n2n1. The Hall–Kier alpha value is -4.45. The van der Waals surface area contributed by atoms with Crippen molar-refractivity contribution in [2.24, 2.45) is 0 Å². The number of carbonyl (C=O) groups is 1. The van der Waals surface area contributed by atoms with Gasteiger partial charge in [0.1, 0.15) is 11.5 Å². The maximum atomic E-state index is 12.3. The topological polar surface area (TPSA) is 65.7 Å². The van der Waals surface area contributed by atoms with E-state index in [1.54, 1.807) is 23.7 Å². The summed E-state index contributed by atoms with van der Waals surface area (Å²) in [6.45, 7) is 2.05. The van der Waals surface area contributed by atoms with Gasteiger partial charge in [0.15, 0.2) is 11.3 Å². The van der Waals surface area contributed by atoms with Crippen LogP contribution in [-0.4, -0.2) is 27.2 Å². The minimum atomic E-state index is -0.476. The van der Waals surface area contributed by atoms with E-state index < -0.39 is 5.97 Å². The molecule has 2 aromatic heterocycles. The molecule has 6 heteroatoms. The smallest absolute Gasteiger partial charge is 0.358 e. The molecule has 0 saturated carbocycles. The van der Waals surface area contributed by atoms with Crippen LogP contribution in [-0.2, 0) is 4.74 Å². The predicted molar refractivity (Wildman–Crippen MR) is 126 cm³/mol. The molecule has 3 aromatic carbocycles. The van der Waals surface area contributed by atoms with Gasteiger partial charge in [-0.3, -0.25) is 0 Å². The van der Waals surface area contributed by atoms with Gasteiger partial charge in [-0.25, -0.2) is 14.3 Å². The van der Waals surface area contributed by atoms with E-state index in [4.69, 9.17) is 9.47 Å². The lowest BCUT2D eigenvalue weighted by Crippen LogP contribution is -2.06. The summed E-state index contributed by atoms with van der Waals surface area (Å²) < 4.78 is 12.9. The number of carbonyl (C=O) groups excluding carboxylic acids is 1. The zero-order valence-electron chi connectivity index (χ0n) is 18.0. The van der Waals surface area contributed by atoms with Gasteiger partial charge in [-0.05, 0) is 36.8 Å². The molecule has 0 unspecified atom stereocenters. The summed E-state index contributed by atoms with van der Waals surface area (Å²) in [4.78, 5) is 16.9. The quantitative estimate of drug-likeness (QED) is 0.305. The summed E-state index contributed by atoms with van der Waals surface area (Å²) in [7, 11) is 0. The molecule has 0 spiro atoms. The van der Waals surface area contributed by atoms with Crippen molar-refractivity contribution in [3.63, 3.8) is 0 Å². The monoisotopic (exact) mass is 435 g/mol. The maximum Gasteiger partial charge on any atom is 0.358 e. The lowest BCUT2D eigenvalue weighted by atomic mass is 10.0. The summed E-state index contributed by atoms with van der Waals surface area (Å²) in [5, 5.41) is 4.55. The molecule has 2 heterocycles. The van der Waals surface area contributed by atoms with Crippen molar-refractivity contribution in [2.75, 3.05) is 6.61 Å². The fraction of sp³-hybridized carbons (Fsp3) is 0.0741. The molecular formula is C27H21N3O3. The third-order valence-electron chi connectivity index (χ3n) is 5.14. The molecule has 0 aliphatic carbocycles. The highest BCUT2D eigenvalue weighted by Crippen LogP contribution is 2.34. The first kappa shape index (κ1) is 20.5. The average molecular weight is 435 g/mol. The normalized spacial score (nSPS) is 10.8. The van der Waals surface area contributed by atoms with E-state index in [2.05, 4.69) is 10.1 Å². The lowest BCUT2D eigenvalue weighted by molar-refractivity contribution is 0.0519. The fourth-order valence-corrected chi connectivity index (χ4v) is 3.68. The zero-order valence-corrected chi connectivity index (χ0v) is 18.0. The van der Waals surface area contributed by atoms with Crippen molar-refractivity contribution in [1.82, 2.24) is 14.6 Å². The molecule has 0 fully saturated rings. The zero-order chi connectivity index (χ0) is 22.6. The average Bonchev–Trinajstić information content (AvgIpc) is 3.30. The van der Waals surface area contributed by atoms with Crippen molar-refractivity contribution >= 4 is 11.6 Å². The number of esters is 1. The Morgan fingerprint density at radius 3 is 2.30 bits per heavy atom. The second-order valence-corrected chi connectivity index (χ2v) is 7.35. The third kappa shape index (κ3) is 4.19. The van der Waals surface area contributed by atoms with Crippen molar-refractivity contribution in [3.8, 4) is 33.9 Å². The van der Waals surface area contributed by atoms with Gasteiger partial charge >= 0.3 is 5.97 Å². The molecule has 5 aromatic rings. The van der Waals surface area contributed by atoms with Gasteiger partial charge < -0.3 is 9.47 Å². The number of para-hydroxylation sites is 1. The number of benzene rings is 3. The van der Waals surface area contributed by atoms with Gasteiger partial charge in [0.05, 0.1) is 12.3 Å². The second kappa shape index (κ2) is 8.96. The van der Waals surface area contributed by atoms with Crippen LogP contribution in [0.25, 0.3) is 28.0 Å². The van der Waals surface area contributed by atoms with Crippen LogP contribution in [0.2, 0.25) is 0 Å². The Kier molecular flexibility index (Phi) is 5.55. The Morgan fingerprint density at radius 1 is 0.848 bits per heavy atom. The van der Waals surface area contributed by atoms with E-state index >= 15 is 0 Å². The molecule has 0 bridgehead atoms. The molecule has 6 nitrogen and oxygen atoms in total. The van der Waals surface area contributed by atoms with Crippen LogP contribution in [0, 0.1) is 0 Å². The van der Waals surface area contributed by atoms with Crippen molar-refractivity contribution in [1.29, 1.82) is 0 Å². The van der Waals surface area contributed by atoms with E-state index in [0.29, 0.717) is 11.4 Å². The van der Waals surface area contributed by atoms with Crippen LogP contribution in [0.3, 0.4) is 0 Å². The highest BCUT2D eigenvalue weighted by molar-refractivity contribution is 5.89. The van der Waals surface area contributed by atoms with Crippen LogP contribution in [0.4, 0.5) is 0 Å². The van der Waals surface area contributed by atoms with Crippen LogP contribution in [0.5, 0.6) is 11.5 Å². The standard InChI is InChI=1S/C27H21N3O3/c1-2-32-27(31)24-17-25-28-18-23(19-10-5-3-6-11-19)26(30(25)29-24)20-12-9-15-22(16-20)33-21-13-7-4-8-14-21/h3-18H,2H2,1H3. The van der Waals surface area contributed by atoms with Gasteiger partial charge in [0.25, 0.3) is 0 Å². The molecule has 0 radical (unpaired) electrons. The minimum Gasteiger partial charge on any atom is -0.461 e. The Bertz CT molecular complexity index is 1410. The Morgan fingerprint density at radius 2 is 1.55 bits per heavy atom. The highest BCUT2D eigenvalue weighted by atomic mass is 16.5. The first-order valence-corrected chi connectivity index (χ1v) is 10.7. The summed E-state index contributed by atoms with van der Waals surface area (Å²) in [5.41, 5.74) is 4.34. The van der Waals surface area contributed by atoms with Gasteiger partial charge in [0.2, 0.25) is 0 Å². The predicted octanol–water partition coefficient (Wildman–Crippen LogP) is 6.03. The first-order valence-electron chi connectivity index (χ1n) is 10.7. The van der Waals surface area contributed by atoms with Crippen molar-refractivity contribution in [3.05, 3.63) is 103 Å². The molecular weight excluding hydrogens is 414 g/mol. The lowest BCUT2D eigenvalue weighted by Gasteiger charge is -2.13. The molecule has 0 N–H and O–H groups in total. The van der Waals surface area contributed by atoms with E-state index in [1.165, 1.54) is 0 Å². The number of hydrogen-bond donors (Lipinski definition) is 0. The highest BCUT2D eigenvalue weighted by Gasteiger charge is 2.19. The summed E-state index contributed by atoms with van der Waals surface area (Å²) >= 11 is 0. The molecule has 33 heavy (non-hydrogen) atoms. The van der Waals surface area contributed by atoms with Crippen LogP contribution in [0.1, 0.15) is 17.4 Å². The minimum absolute atomic E-state index is 0.215. The number of fused-ring (bicyclic) bond motifs is 1. The van der Waals surface area contributed by atoms with E-state index in [-0.39, 0.29) is 12.3 Å². The molecule has 0 amide bonds. The van der Waals surface area contributed by atoms with Crippen LogP contribution >= 0.6 is 0 Å². The van der Waals surface area contributed by atoms with Gasteiger partial charge in [-0.2, -0.15) is 5.10 Å². The third-order valence-corrected chi connectivity index (χ3v) is 5.14. The van der Waals surface area contributed by atoms with Crippen LogP contribution in [0.15, 0.2) is 97.2 Å². The number of hydrogen-bond acceptors (Lipinski definition) is 5. The number of ether oxygens (including phenoxy) is 2. The number of nitrogens with zero attached hydrogens (tertiary/aromatic N) is 3. The summed E-state index contributed by atoms with van der Waals surface area (Å²) in [6, 6.07) is 29.0. The van der Waals surface area contributed by atoms with Gasteiger partial charge in [0, 0.05) is 23.4 Å². The van der Waals surface area contributed by atoms with Crippen LogP contribution < -0.4 is 4.74 Å². The van der Waals surface area contributed by atoms with E-state index in [0.717, 1.165) is 28.1 Å². The van der Waals surface area contributed by atoms with Gasteiger partial charge in [-0.15, -0.1) is 0 Å². The van der Waals surface area contributed by atoms with E-state index in [1.807, 2.05) is 84.9 Å². The first-order chi connectivity index (χ1) is 16.2. The Labute approximate surface area is 191 Å². The molecule has 0 saturated heterocycles. The van der Waals surface area contributed by atoms with E-state index in [9.17, 15) is 4.79 Å². The number of rotatable bonds is 6. The summed E-state index contributed by atoms with van der Waals surface area (Å²) in [5.74, 6) is 0.971. The number of aromatic nitrogens is 3. The molecule has 0 aliphatic heterocycles.